The third-order valence-electron chi connectivity index (χ3n) is 12.3. The third-order valence-corrected chi connectivity index (χ3v) is 12.3. The van der Waals surface area contributed by atoms with E-state index in [1.54, 1.807) is 0 Å². The number of unbranched alkanes of at least 4 members (excludes halogenated alkanes) is 27. The molecule has 1 rings (SSSR count). The molecule has 0 bridgehead atoms. The largest absolute Gasteiger partial charge is 0.394 e. The van der Waals surface area contributed by atoms with Crippen molar-refractivity contribution in [2.75, 3.05) is 13.2 Å². The maximum absolute atomic E-state index is 13.1. The fourth-order valence-corrected chi connectivity index (χ4v) is 8.21. The third kappa shape index (κ3) is 28.4. The van der Waals surface area contributed by atoms with Crippen molar-refractivity contribution in [1.82, 2.24) is 5.32 Å². The molecule has 0 aromatic heterocycles. The molecule has 0 unspecified atom stereocenters. The maximum atomic E-state index is 13.1. The quantitative estimate of drug-likeness (QED) is 0.0277. The van der Waals surface area contributed by atoms with Gasteiger partial charge in [0.05, 0.1) is 25.4 Å². The zero-order chi connectivity index (χ0) is 43.5. The highest BCUT2D eigenvalue weighted by molar-refractivity contribution is 5.80. The van der Waals surface area contributed by atoms with E-state index in [2.05, 4.69) is 26.1 Å². The predicted octanol–water partition coefficient (Wildman–Crippen LogP) is 8.53. The minimum atomic E-state index is -1.66. The highest BCUT2D eigenvalue weighted by atomic mass is 16.7. The maximum Gasteiger partial charge on any atom is 0.249 e. The van der Waals surface area contributed by atoms with Gasteiger partial charge in [-0.15, -0.1) is 0 Å². The first kappa shape index (κ1) is 56.1. The van der Waals surface area contributed by atoms with E-state index in [1.807, 2.05) is 0 Å². The Hall–Kier alpha value is -0.890. The second kappa shape index (κ2) is 37.6. The molecule has 0 aromatic carbocycles. The molecular formula is C48H95NO10. The van der Waals surface area contributed by atoms with E-state index in [9.17, 15) is 40.5 Å². The van der Waals surface area contributed by atoms with Crippen LogP contribution in [0.3, 0.4) is 0 Å². The topological polar surface area (TPSA) is 189 Å². The molecule has 59 heavy (non-hydrogen) atoms. The van der Waals surface area contributed by atoms with E-state index < -0.39 is 74.2 Å². The summed E-state index contributed by atoms with van der Waals surface area (Å²) in [4.78, 5) is 13.1. The zero-order valence-corrected chi connectivity index (χ0v) is 38.2. The summed E-state index contributed by atoms with van der Waals surface area (Å²) < 4.78 is 11.1. The number of aliphatic hydroxyl groups is 7. The smallest absolute Gasteiger partial charge is 0.249 e. The van der Waals surface area contributed by atoms with Gasteiger partial charge in [0.1, 0.15) is 36.6 Å². The molecule has 1 amide bonds. The van der Waals surface area contributed by atoms with Gasteiger partial charge in [0.15, 0.2) is 6.29 Å². The first-order valence-corrected chi connectivity index (χ1v) is 24.8. The Labute approximate surface area is 360 Å². The predicted molar refractivity (Wildman–Crippen MR) is 238 cm³/mol. The Morgan fingerprint density at radius 1 is 0.559 bits per heavy atom. The average molecular weight is 846 g/mol. The van der Waals surface area contributed by atoms with Crippen LogP contribution < -0.4 is 5.32 Å². The molecule has 0 saturated carbocycles. The average Bonchev–Trinajstić information content (AvgIpc) is 3.22. The molecule has 9 atom stereocenters. The van der Waals surface area contributed by atoms with Crippen molar-refractivity contribution >= 4 is 5.91 Å². The number of ether oxygens (including phenoxy) is 2. The van der Waals surface area contributed by atoms with Gasteiger partial charge in [0.2, 0.25) is 5.91 Å². The van der Waals surface area contributed by atoms with Crippen molar-refractivity contribution in [1.29, 1.82) is 0 Å². The molecule has 11 heteroatoms. The van der Waals surface area contributed by atoms with Crippen molar-refractivity contribution in [2.45, 2.75) is 281 Å². The highest BCUT2D eigenvalue weighted by Gasteiger charge is 2.44. The van der Waals surface area contributed by atoms with Crippen LogP contribution in [0.1, 0.15) is 226 Å². The number of carbonyl (C=O) groups excluding carboxylic acids is 1. The second-order valence-electron chi connectivity index (χ2n) is 18.4. The Morgan fingerprint density at radius 2 is 0.949 bits per heavy atom. The normalized spacial score (nSPS) is 21.8. The van der Waals surface area contributed by atoms with Gasteiger partial charge in [0.25, 0.3) is 0 Å². The van der Waals surface area contributed by atoms with Crippen LogP contribution in [0.25, 0.3) is 0 Å². The summed E-state index contributed by atoms with van der Waals surface area (Å²) in [6.45, 7) is 5.75. The minimum absolute atomic E-state index is 0.266. The highest BCUT2D eigenvalue weighted by Crippen LogP contribution is 2.23. The molecule has 11 nitrogen and oxygen atoms in total. The molecule has 0 aliphatic carbocycles. The van der Waals surface area contributed by atoms with Crippen LogP contribution in [0.2, 0.25) is 0 Å². The first-order valence-electron chi connectivity index (χ1n) is 24.8. The van der Waals surface area contributed by atoms with Gasteiger partial charge in [-0.1, -0.05) is 213 Å². The zero-order valence-electron chi connectivity index (χ0n) is 38.2. The van der Waals surface area contributed by atoms with Crippen molar-refractivity contribution in [2.24, 2.45) is 5.92 Å². The van der Waals surface area contributed by atoms with Crippen LogP contribution >= 0.6 is 0 Å². The summed E-state index contributed by atoms with van der Waals surface area (Å²) in [7, 11) is 0. The van der Waals surface area contributed by atoms with Crippen LogP contribution in [-0.4, -0.2) is 110 Å². The molecule has 1 fully saturated rings. The number of hydrogen-bond acceptors (Lipinski definition) is 10. The van der Waals surface area contributed by atoms with Gasteiger partial charge in [-0.2, -0.15) is 0 Å². The Kier molecular flexibility index (Phi) is 35.8. The minimum Gasteiger partial charge on any atom is -0.394 e. The number of hydrogen-bond donors (Lipinski definition) is 8. The number of carbonyl (C=O) groups is 1. The number of nitrogens with one attached hydrogen (secondary N) is 1. The van der Waals surface area contributed by atoms with E-state index in [0.29, 0.717) is 19.3 Å². The molecule has 1 heterocycles. The molecule has 0 radical (unpaired) electrons. The molecule has 1 saturated heterocycles. The van der Waals surface area contributed by atoms with Gasteiger partial charge in [-0.25, -0.2) is 0 Å². The van der Waals surface area contributed by atoms with Crippen molar-refractivity contribution in [3.63, 3.8) is 0 Å². The summed E-state index contributed by atoms with van der Waals surface area (Å²) in [5.41, 5.74) is 0. The Balaban J connectivity index is 2.37. The first-order chi connectivity index (χ1) is 28.5. The van der Waals surface area contributed by atoms with Crippen LogP contribution in [0.4, 0.5) is 0 Å². The molecule has 1 aliphatic rings. The van der Waals surface area contributed by atoms with E-state index in [0.717, 1.165) is 44.4 Å². The van der Waals surface area contributed by atoms with Gasteiger partial charge in [-0.3, -0.25) is 4.79 Å². The summed E-state index contributed by atoms with van der Waals surface area (Å²) in [6, 6.07) is -1.16. The monoisotopic (exact) mass is 846 g/mol. The lowest BCUT2D eigenvalue weighted by molar-refractivity contribution is -0.303. The lowest BCUT2D eigenvalue weighted by Gasteiger charge is -2.40. The van der Waals surface area contributed by atoms with E-state index >= 15 is 0 Å². The van der Waals surface area contributed by atoms with Crippen molar-refractivity contribution < 1.29 is 50.0 Å². The number of aliphatic hydroxyl groups excluding tert-OH is 7. The molecule has 352 valence electrons. The molecule has 0 aromatic rings. The van der Waals surface area contributed by atoms with E-state index in [4.69, 9.17) is 9.47 Å². The summed E-state index contributed by atoms with van der Waals surface area (Å²) >= 11 is 0. The summed E-state index contributed by atoms with van der Waals surface area (Å²) in [5, 5.41) is 75.7. The number of rotatable bonds is 41. The van der Waals surface area contributed by atoms with Gasteiger partial charge >= 0.3 is 0 Å². The lowest BCUT2D eigenvalue weighted by atomic mass is 9.98. The fourth-order valence-electron chi connectivity index (χ4n) is 8.21. The van der Waals surface area contributed by atoms with Crippen molar-refractivity contribution in [3.05, 3.63) is 0 Å². The SMILES string of the molecule is CCCCCCCCCCCCCCCCCCCCCC[C@@H](O)C(=O)N[C@@H](CO[C@H]1O[C@H](CO)[C@@H](O)[C@H](O)[C@H]1O)[C@H](O)[C@H](O)CCCCCCCCCCCC(C)C. The van der Waals surface area contributed by atoms with Gasteiger partial charge < -0.3 is 50.5 Å². The van der Waals surface area contributed by atoms with Crippen LogP contribution in [0.15, 0.2) is 0 Å². The molecule has 1 aliphatic heterocycles. The summed E-state index contributed by atoms with van der Waals surface area (Å²) in [6.07, 6.45) is 25.9. The fraction of sp³-hybridized carbons (Fsp3) is 0.979. The molecule has 0 spiro atoms. The number of amides is 1. The van der Waals surface area contributed by atoms with E-state index in [1.165, 1.54) is 141 Å². The lowest BCUT2D eigenvalue weighted by Crippen LogP contribution is -2.60. The van der Waals surface area contributed by atoms with Crippen LogP contribution in [0, 0.1) is 5.92 Å². The Morgan fingerprint density at radius 3 is 1.36 bits per heavy atom. The molecular weight excluding hydrogens is 751 g/mol. The van der Waals surface area contributed by atoms with E-state index in [-0.39, 0.29) is 6.42 Å². The second-order valence-corrected chi connectivity index (χ2v) is 18.4. The van der Waals surface area contributed by atoms with Crippen molar-refractivity contribution in [3.8, 4) is 0 Å². The van der Waals surface area contributed by atoms with Gasteiger partial charge in [-0.05, 0) is 18.8 Å². The Bertz CT molecular complexity index is 941. The molecule has 8 N–H and O–H groups in total. The van der Waals surface area contributed by atoms with Crippen LogP contribution in [-0.2, 0) is 14.3 Å². The standard InChI is InChI=1S/C48H95NO10/c1-4-5-6-7-8-9-10-11-12-13-14-15-16-17-18-19-22-26-29-32-35-41(52)47(57)49-39(37-58-48-46(56)45(55)44(54)42(36-50)59-48)43(53)40(51)34-31-28-25-23-20-21-24-27-30-33-38(2)3/h38-46,48,50-56H,4-37H2,1-3H3,(H,49,57)/t39-,40+,41+,42+,43-,44+,45-,46+,48-/m0/s1. The van der Waals surface area contributed by atoms with Gasteiger partial charge in [0, 0.05) is 0 Å². The summed E-state index contributed by atoms with van der Waals surface area (Å²) in [5.74, 6) is 0.0701. The van der Waals surface area contributed by atoms with Crippen LogP contribution in [0.5, 0.6) is 0 Å².